The van der Waals surface area contributed by atoms with Crippen LogP contribution >= 0.6 is 24.0 Å². The summed E-state index contributed by atoms with van der Waals surface area (Å²) >= 11 is 6.00. The summed E-state index contributed by atoms with van der Waals surface area (Å²) in [7, 11) is 0. The van der Waals surface area contributed by atoms with Crippen LogP contribution in [0.2, 0.25) is 0 Å². The Morgan fingerprint density at radius 1 is 1.75 bits per heavy atom. The Hall–Kier alpha value is 0.910. The van der Waals surface area contributed by atoms with Gasteiger partial charge in [0.2, 0.25) is 5.91 Å². The van der Waals surface area contributed by atoms with Gasteiger partial charge in [-0.2, -0.15) is 0 Å². The molecule has 0 bridgehead atoms. The van der Waals surface area contributed by atoms with Crippen LogP contribution in [0.15, 0.2) is 0 Å². The van der Waals surface area contributed by atoms with Crippen LogP contribution < -0.4 is 5.32 Å². The molecule has 0 aromatic heterocycles. The normalized spacial score (nSPS) is 17.5. The molecule has 1 heterocycles. The van der Waals surface area contributed by atoms with Crippen molar-refractivity contribution < 1.29 is 4.79 Å². The topological polar surface area (TPSA) is 29.1 Å². The molecule has 2 nitrogen and oxygen atoms in total. The molecule has 0 aliphatic carbocycles. The van der Waals surface area contributed by atoms with E-state index in [1.54, 1.807) is 0 Å². The first-order valence-electron chi connectivity index (χ1n) is 1.75. The van der Waals surface area contributed by atoms with Gasteiger partial charge in [-0.15, -0.1) is 0 Å². The van der Waals surface area contributed by atoms with Crippen molar-refractivity contribution in [3.63, 3.8) is 0 Å². The molecule has 1 N–H and O–H groups in total. The van der Waals surface area contributed by atoms with Crippen LogP contribution in [0.3, 0.4) is 0 Å². The molecule has 0 aromatic carbocycles. The zero-order chi connectivity index (χ0) is 5.28. The predicted octanol–water partition coefficient (Wildman–Crippen LogP) is -0.514. The molecule has 0 atom stereocenters. The van der Waals surface area contributed by atoms with Gasteiger partial charge in [0.1, 0.15) is 4.32 Å². The number of rotatable bonds is 0. The summed E-state index contributed by atoms with van der Waals surface area (Å²) in [6, 6.07) is 0. The molecule has 0 saturated carbocycles. The average molecular weight is 157 g/mol. The molecule has 0 unspecified atom stereocenters. The van der Waals surface area contributed by atoms with Crippen LogP contribution in [0, 0.1) is 0 Å². The van der Waals surface area contributed by atoms with Gasteiger partial charge in [-0.3, -0.25) is 4.79 Å². The molecule has 0 spiro atoms. The molecular formula is C3H4NNaOS2. The Bertz CT molecular complexity index is 112. The second kappa shape index (κ2) is 3.85. The molecule has 1 rings (SSSR count). The van der Waals surface area contributed by atoms with Crippen molar-refractivity contribution in [2.24, 2.45) is 0 Å². The van der Waals surface area contributed by atoms with Crippen molar-refractivity contribution >= 4 is 63.8 Å². The molecule has 1 fully saturated rings. The molecule has 1 aliphatic rings. The van der Waals surface area contributed by atoms with Crippen LogP contribution in [0.5, 0.6) is 0 Å². The summed E-state index contributed by atoms with van der Waals surface area (Å²) in [6.45, 7) is 0. The number of thiocarbonyl (C=S) groups is 1. The van der Waals surface area contributed by atoms with Crippen LogP contribution in [0.4, 0.5) is 0 Å². The fourth-order valence-electron chi connectivity index (χ4n) is 0.317. The first-order chi connectivity index (χ1) is 3.29. The molecule has 1 amide bonds. The van der Waals surface area contributed by atoms with Crippen LogP contribution in [-0.2, 0) is 4.79 Å². The molecule has 1 aliphatic heterocycles. The second-order valence-corrected chi connectivity index (χ2v) is 2.78. The minimum absolute atomic E-state index is 0. The number of carbonyl (C=O) groups is 1. The summed E-state index contributed by atoms with van der Waals surface area (Å²) in [5.74, 6) is 0.522. The Balaban J connectivity index is 0.000000490. The summed E-state index contributed by atoms with van der Waals surface area (Å²) in [6.07, 6.45) is 0. The van der Waals surface area contributed by atoms with E-state index in [0.29, 0.717) is 10.1 Å². The monoisotopic (exact) mass is 157 g/mol. The predicted molar refractivity (Wildman–Crippen MR) is 40.3 cm³/mol. The quantitative estimate of drug-likeness (QED) is 0.379. The summed E-state index contributed by atoms with van der Waals surface area (Å²) in [5, 5.41) is 2.47. The zero-order valence-corrected chi connectivity index (χ0v) is 5.06. The standard InChI is InChI=1S/C3H3NOS2.Na.H/c5-2-1-7-3(6)4-2;;/h1H2,(H,4,5,6);;. The van der Waals surface area contributed by atoms with Crippen molar-refractivity contribution in [1.82, 2.24) is 5.32 Å². The van der Waals surface area contributed by atoms with Crippen molar-refractivity contribution in [3.05, 3.63) is 0 Å². The molecule has 0 radical (unpaired) electrons. The number of hydrogen-bond acceptors (Lipinski definition) is 3. The fraction of sp³-hybridized carbons (Fsp3) is 0.333. The first-order valence-corrected chi connectivity index (χ1v) is 3.15. The van der Waals surface area contributed by atoms with Crippen molar-refractivity contribution in [3.8, 4) is 0 Å². The van der Waals surface area contributed by atoms with E-state index in [2.05, 4.69) is 17.5 Å². The number of carbonyl (C=O) groups excluding carboxylic acids is 1. The van der Waals surface area contributed by atoms with Gasteiger partial charge < -0.3 is 5.32 Å². The van der Waals surface area contributed by atoms with E-state index in [0.717, 1.165) is 0 Å². The minimum atomic E-state index is 0. The number of thioether (sulfide) groups is 1. The van der Waals surface area contributed by atoms with Crippen molar-refractivity contribution in [2.45, 2.75) is 0 Å². The van der Waals surface area contributed by atoms with E-state index in [1.165, 1.54) is 11.8 Å². The van der Waals surface area contributed by atoms with Crippen molar-refractivity contribution in [1.29, 1.82) is 0 Å². The summed E-state index contributed by atoms with van der Waals surface area (Å²) < 4.78 is 0.602. The van der Waals surface area contributed by atoms with Gasteiger partial charge in [-0.05, 0) is 0 Å². The number of nitrogens with one attached hydrogen (secondary N) is 1. The number of amides is 1. The maximum atomic E-state index is 10.2. The molecular weight excluding hydrogens is 153 g/mol. The molecule has 1 saturated heterocycles. The number of hydrogen-bond donors (Lipinski definition) is 1. The van der Waals surface area contributed by atoms with E-state index < -0.39 is 0 Å². The fourth-order valence-corrected chi connectivity index (χ4v) is 1.13. The van der Waals surface area contributed by atoms with Gasteiger partial charge in [0, 0.05) is 0 Å². The Morgan fingerprint density at radius 3 is 2.50 bits per heavy atom. The summed E-state index contributed by atoms with van der Waals surface area (Å²) in [5.41, 5.74) is 0. The van der Waals surface area contributed by atoms with Crippen LogP contribution in [0.1, 0.15) is 0 Å². The van der Waals surface area contributed by atoms with Gasteiger partial charge in [0.15, 0.2) is 0 Å². The maximum absolute atomic E-state index is 10.2. The van der Waals surface area contributed by atoms with Gasteiger partial charge in [0.25, 0.3) is 0 Å². The average Bonchev–Trinajstić information content (AvgIpc) is 1.87. The summed E-state index contributed by atoms with van der Waals surface area (Å²) in [4.78, 5) is 10.2. The SMILES string of the molecule is O=C1CSC(=S)N1.[NaH]. The third kappa shape index (κ3) is 2.46. The molecule has 8 heavy (non-hydrogen) atoms. The molecule has 5 heteroatoms. The Morgan fingerprint density at radius 2 is 2.38 bits per heavy atom. The van der Waals surface area contributed by atoms with Crippen LogP contribution in [0.25, 0.3) is 0 Å². The van der Waals surface area contributed by atoms with Crippen LogP contribution in [-0.4, -0.2) is 45.5 Å². The Kier molecular flexibility index (Phi) is 4.28. The zero-order valence-electron chi connectivity index (χ0n) is 3.43. The first kappa shape index (κ1) is 8.91. The van der Waals surface area contributed by atoms with E-state index in [4.69, 9.17) is 0 Å². The van der Waals surface area contributed by atoms with Gasteiger partial charge >= 0.3 is 29.6 Å². The van der Waals surface area contributed by atoms with E-state index in [-0.39, 0.29) is 35.5 Å². The van der Waals surface area contributed by atoms with Crippen molar-refractivity contribution in [2.75, 3.05) is 5.75 Å². The van der Waals surface area contributed by atoms with Gasteiger partial charge in [-0.25, -0.2) is 0 Å². The molecule has 0 aromatic rings. The van der Waals surface area contributed by atoms with E-state index >= 15 is 0 Å². The Labute approximate surface area is 79.1 Å². The second-order valence-electron chi connectivity index (χ2n) is 1.12. The van der Waals surface area contributed by atoms with Gasteiger partial charge in [-0.1, -0.05) is 24.0 Å². The van der Waals surface area contributed by atoms with E-state index in [1.807, 2.05) is 0 Å². The third-order valence-electron chi connectivity index (χ3n) is 0.576. The third-order valence-corrected chi connectivity index (χ3v) is 1.80. The van der Waals surface area contributed by atoms with Gasteiger partial charge in [0.05, 0.1) is 5.75 Å². The molecule has 40 valence electrons. The van der Waals surface area contributed by atoms with E-state index in [9.17, 15) is 4.79 Å².